The maximum atomic E-state index is 13.4. The van der Waals surface area contributed by atoms with Gasteiger partial charge in [-0.2, -0.15) is 0 Å². The van der Waals surface area contributed by atoms with Gasteiger partial charge in [0.1, 0.15) is 42.1 Å². The molecule has 9 nitrogen and oxygen atoms in total. The summed E-state index contributed by atoms with van der Waals surface area (Å²) in [5, 5.41) is 62.1. The number of hydrogen-bond acceptors (Lipinski definition) is 9. The second-order valence-electron chi connectivity index (χ2n) is 12.2. The minimum Gasteiger partial charge on any atom is -0.508 e. The molecule has 11 heteroatoms. The van der Waals surface area contributed by atoms with E-state index in [0.29, 0.717) is 47.2 Å². The molecule has 4 aromatic carbocycles. The molecule has 0 aliphatic carbocycles. The number of rotatable bonds is 10. The van der Waals surface area contributed by atoms with Gasteiger partial charge < -0.3 is 35.4 Å². The molecule has 1 amide bonds. The molecule has 0 radical (unpaired) electrons. The molecule has 0 bridgehead atoms. The lowest BCUT2D eigenvalue weighted by atomic mass is 9.90. The molecule has 2 fully saturated rings. The number of carbonyl (C=O) groups excluding carboxylic acids is 1. The van der Waals surface area contributed by atoms with E-state index in [1.165, 1.54) is 23.9 Å². The van der Waals surface area contributed by atoms with Crippen LogP contribution in [0, 0.1) is 5.82 Å². The molecular weight excluding hydrogens is 637 g/mol. The Morgan fingerprint density at radius 1 is 0.854 bits per heavy atom. The van der Waals surface area contributed by atoms with Gasteiger partial charge in [0, 0.05) is 16.5 Å². The van der Waals surface area contributed by atoms with Gasteiger partial charge in [-0.15, -0.1) is 0 Å². The fourth-order valence-corrected chi connectivity index (χ4v) is 7.79. The number of thioether (sulfide) groups is 1. The fraction of sp³-hybridized carbons (Fsp3) is 0.324. The molecule has 0 saturated carbocycles. The summed E-state index contributed by atoms with van der Waals surface area (Å²) in [7, 11) is 0. The summed E-state index contributed by atoms with van der Waals surface area (Å²) in [6, 6.07) is 26.9. The number of phenols is 1. The molecule has 2 heterocycles. The van der Waals surface area contributed by atoms with Gasteiger partial charge in [0.05, 0.1) is 18.8 Å². The van der Waals surface area contributed by atoms with Crippen molar-refractivity contribution in [2.24, 2.45) is 0 Å². The van der Waals surface area contributed by atoms with E-state index in [4.69, 9.17) is 4.74 Å². The van der Waals surface area contributed by atoms with Crippen LogP contribution in [-0.4, -0.2) is 72.2 Å². The van der Waals surface area contributed by atoms with Gasteiger partial charge in [-0.1, -0.05) is 78.5 Å². The SMILES string of the molecule is O=C1S[C@H](CCCC(O)c2ccc(F)cc2)[C@@H](c2ccc(-c3ccc([C@@H]4O[C@H](CO)[C@@H](O)[C@H](O)[C@H]4O)cc3)cc2O)N1c1ccccc1. The van der Waals surface area contributed by atoms with E-state index in [-0.39, 0.29) is 22.1 Å². The Morgan fingerprint density at radius 3 is 2.21 bits per heavy atom. The maximum Gasteiger partial charge on any atom is 0.287 e. The zero-order chi connectivity index (χ0) is 33.9. The first-order valence-corrected chi connectivity index (χ1v) is 16.8. The highest BCUT2D eigenvalue weighted by molar-refractivity contribution is 8.14. The third kappa shape index (κ3) is 6.99. The van der Waals surface area contributed by atoms with E-state index < -0.39 is 49.3 Å². The van der Waals surface area contributed by atoms with Crippen molar-refractivity contribution in [2.45, 2.75) is 67.2 Å². The second kappa shape index (κ2) is 14.8. The maximum absolute atomic E-state index is 13.4. The van der Waals surface area contributed by atoms with Crippen LogP contribution in [0.5, 0.6) is 5.75 Å². The molecule has 48 heavy (non-hydrogen) atoms. The largest absolute Gasteiger partial charge is 0.508 e. The molecule has 6 N–H and O–H groups in total. The molecule has 0 spiro atoms. The van der Waals surface area contributed by atoms with Gasteiger partial charge in [0.25, 0.3) is 5.24 Å². The van der Waals surface area contributed by atoms with Crippen molar-refractivity contribution in [2.75, 3.05) is 11.5 Å². The number of aromatic hydroxyl groups is 1. The van der Waals surface area contributed by atoms with Gasteiger partial charge in [0.15, 0.2) is 0 Å². The summed E-state index contributed by atoms with van der Waals surface area (Å²) in [5.41, 5.74) is 3.93. The number of aliphatic hydroxyl groups is 5. The van der Waals surface area contributed by atoms with Crippen molar-refractivity contribution in [3.8, 4) is 16.9 Å². The molecule has 8 atom stereocenters. The quantitative estimate of drug-likeness (QED) is 0.130. The molecule has 2 saturated heterocycles. The van der Waals surface area contributed by atoms with Gasteiger partial charge in [0.2, 0.25) is 0 Å². The number of carbonyl (C=O) groups is 1. The van der Waals surface area contributed by atoms with E-state index in [2.05, 4.69) is 0 Å². The molecular formula is C37H38FNO8S. The number of halogens is 1. The fourth-order valence-electron chi connectivity index (χ4n) is 6.52. The van der Waals surface area contributed by atoms with E-state index in [9.17, 15) is 39.8 Å². The van der Waals surface area contributed by atoms with Gasteiger partial charge >= 0.3 is 0 Å². The predicted octanol–water partition coefficient (Wildman–Crippen LogP) is 5.40. The molecule has 2 aliphatic rings. The number of amides is 1. The molecule has 4 aromatic rings. The van der Waals surface area contributed by atoms with Crippen LogP contribution in [0.1, 0.15) is 54.2 Å². The Hall–Kier alpha value is -3.81. The van der Waals surface area contributed by atoms with Crippen molar-refractivity contribution in [1.29, 1.82) is 0 Å². The summed E-state index contributed by atoms with van der Waals surface area (Å²) in [6.45, 7) is -0.517. The van der Waals surface area contributed by atoms with E-state index in [1.54, 1.807) is 47.4 Å². The van der Waals surface area contributed by atoms with Crippen LogP contribution in [0.15, 0.2) is 97.1 Å². The minimum atomic E-state index is -1.48. The smallest absolute Gasteiger partial charge is 0.287 e. The number of para-hydroxylation sites is 1. The normalized spacial score (nSPS) is 26.5. The Bertz CT molecular complexity index is 1690. The van der Waals surface area contributed by atoms with Crippen LogP contribution in [0.3, 0.4) is 0 Å². The van der Waals surface area contributed by atoms with Crippen LogP contribution in [0.25, 0.3) is 11.1 Å². The standard InChI is InChI=1S/C37H38FNO8S/c38-25-16-13-22(14-17-25)28(41)7-4-8-31-32(39(37(46)48-31)26-5-2-1-3-6-26)27-18-15-24(19-29(27)42)21-9-11-23(12-10-21)36-35(45)34(44)33(43)30(20-40)47-36/h1-3,5-6,9-19,28,30-36,40-45H,4,7-8,20H2/t28?,30-,31-,32-,33-,34+,35-,36+/m1/s1. The van der Waals surface area contributed by atoms with E-state index >= 15 is 0 Å². The highest BCUT2D eigenvalue weighted by atomic mass is 32.2. The molecule has 2 aliphatic heterocycles. The highest BCUT2D eigenvalue weighted by Crippen LogP contribution is 2.49. The van der Waals surface area contributed by atoms with Gasteiger partial charge in [-0.3, -0.25) is 9.69 Å². The zero-order valence-corrected chi connectivity index (χ0v) is 26.7. The van der Waals surface area contributed by atoms with Gasteiger partial charge in [-0.05, 0) is 71.8 Å². The Kier molecular flexibility index (Phi) is 10.5. The first-order valence-electron chi connectivity index (χ1n) is 15.9. The lowest BCUT2D eigenvalue weighted by molar-refractivity contribution is -0.231. The number of hydrogen-bond donors (Lipinski definition) is 6. The second-order valence-corrected chi connectivity index (χ2v) is 13.4. The Labute approximate surface area is 281 Å². The van der Waals surface area contributed by atoms with Crippen LogP contribution in [0.4, 0.5) is 14.9 Å². The lowest BCUT2D eigenvalue weighted by Crippen LogP contribution is -2.55. The van der Waals surface area contributed by atoms with Crippen LogP contribution < -0.4 is 4.90 Å². The first kappa shape index (κ1) is 34.1. The number of ether oxygens (including phenoxy) is 1. The monoisotopic (exact) mass is 675 g/mol. The first-order chi connectivity index (χ1) is 23.2. The average molecular weight is 676 g/mol. The predicted molar refractivity (Wildman–Crippen MR) is 180 cm³/mol. The Balaban J connectivity index is 1.22. The molecule has 6 rings (SSSR count). The van der Waals surface area contributed by atoms with E-state index in [1.807, 2.05) is 42.5 Å². The summed E-state index contributed by atoms with van der Waals surface area (Å²) in [6.07, 6.45) is -5.44. The summed E-state index contributed by atoms with van der Waals surface area (Å²) in [5.74, 6) is -0.352. The van der Waals surface area contributed by atoms with Crippen LogP contribution in [0.2, 0.25) is 0 Å². The molecule has 1 unspecified atom stereocenters. The van der Waals surface area contributed by atoms with Crippen LogP contribution in [-0.2, 0) is 4.74 Å². The van der Waals surface area contributed by atoms with Crippen LogP contribution >= 0.6 is 11.8 Å². The topological polar surface area (TPSA) is 151 Å². The third-order valence-corrected chi connectivity index (χ3v) is 10.3. The van der Waals surface area contributed by atoms with Gasteiger partial charge in [-0.25, -0.2) is 4.39 Å². The summed E-state index contributed by atoms with van der Waals surface area (Å²) >= 11 is 1.21. The van der Waals surface area contributed by atoms with Crippen molar-refractivity contribution >= 4 is 22.7 Å². The third-order valence-electron chi connectivity index (χ3n) is 9.15. The van der Waals surface area contributed by atoms with E-state index in [0.717, 1.165) is 5.56 Å². The zero-order valence-electron chi connectivity index (χ0n) is 25.9. The number of nitrogens with zero attached hydrogens (tertiary/aromatic N) is 1. The summed E-state index contributed by atoms with van der Waals surface area (Å²) in [4.78, 5) is 15.1. The average Bonchev–Trinajstić information content (AvgIpc) is 3.43. The minimum absolute atomic E-state index is 0.0167. The van der Waals surface area contributed by atoms with Crippen molar-refractivity contribution in [3.63, 3.8) is 0 Å². The summed E-state index contributed by atoms with van der Waals surface area (Å²) < 4.78 is 19.0. The number of benzene rings is 4. The Morgan fingerprint density at radius 2 is 1.54 bits per heavy atom. The van der Waals surface area contributed by atoms with Crippen molar-refractivity contribution < 1.29 is 44.6 Å². The number of phenolic OH excluding ortho intramolecular Hbond substituents is 1. The molecule has 0 aromatic heterocycles. The highest BCUT2D eigenvalue weighted by Gasteiger charge is 2.45. The van der Waals surface area contributed by atoms with Crippen molar-refractivity contribution in [1.82, 2.24) is 0 Å². The molecule has 252 valence electrons. The lowest BCUT2D eigenvalue weighted by Gasteiger charge is -2.40. The number of aliphatic hydroxyl groups excluding tert-OH is 5. The van der Waals surface area contributed by atoms with Crippen molar-refractivity contribution in [3.05, 3.63) is 120 Å². The number of anilines is 1.